The van der Waals surface area contributed by atoms with E-state index in [9.17, 15) is 0 Å². The van der Waals surface area contributed by atoms with Crippen LogP contribution >= 0.6 is 0 Å². The maximum absolute atomic E-state index is 5.08. The van der Waals surface area contributed by atoms with Crippen LogP contribution in [0.2, 0.25) is 0 Å². The molecule has 0 saturated heterocycles. The van der Waals surface area contributed by atoms with Gasteiger partial charge in [-0.15, -0.1) is 0 Å². The van der Waals surface area contributed by atoms with Gasteiger partial charge >= 0.3 is 76.0 Å². The number of rotatable bonds is 3. The van der Waals surface area contributed by atoms with E-state index in [1.165, 1.54) is 19.3 Å². The summed E-state index contributed by atoms with van der Waals surface area (Å²) in [4.78, 5) is 0. The summed E-state index contributed by atoms with van der Waals surface area (Å²) in [6.45, 7) is 0. The Labute approximate surface area is 76.4 Å². The van der Waals surface area contributed by atoms with E-state index in [4.69, 9.17) is 4.74 Å². The predicted octanol–water partition coefficient (Wildman–Crippen LogP) is 2.06. The Kier molecular flexibility index (Phi) is 4.07. The molecule has 1 atom stereocenters. The van der Waals surface area contributed by atoms with Gasteiger partial charge in [0.1, 0.15) is 0 Å². The van der Waals surface area contributed by atoms with Crippen LogP contribution in [-0.2, 0) is 20.6 Å². The minimum atomic E-state index is 0.708. The fourth-order valence-corrected chi connectivity index (χ4v) is 1.68. The molecule has 1 aliphatic rings. The third-order valence-corrected chi connectivity index (χ3v) is 2.53. The van der Waals surface area contributed by atoms with Gasteiger partial charge in [0.15, 0.2) is 0 Å². The Hall–Kier alpha value is 0.102. The number of methoxy groups -OCH3 is 1. The van der Waals surface area contributed by atoms with Crippen LogP contribution in [0.1, 0.15) is 25.7 Å². The van der Waals surface area contributed by atoms with Crippen LogP contribution in [0.5, 0.6) is 0 Å². The van der Waals surface area contributed by atoms with Gasteiger partial charge in [-0.05, 0) is 0 Å². The van der Waals surface area contributed by atoms with Crippen LogP contribution in [0.15, 0.2) is 12.2 Å². The fraction of sp³-hybridized carbons (Fsp3) is 0.667. The summed E-state index contributed by atoms with van der Waals surface area (Å²) in [6, 6.07) is 0. The molecule has 0 aromatic heterocycles. The molecule has 0 amide bonds. The molecule has 11 heavy (non-hydrogen) atoms. The Morgan fingerprint density at radius 1 is 1.73 bits per heavy atom. The zero-order valence-electron chi connectivity index (χ0n) is 6.88. The van der Waals surface area contributed by atoms with E-state index in [0.717, 1.165) is 11.0 Å². The maximum atomic E-state index is 5.08. The van der Waals surface area contributed by atoms with E-state index in [2.05, 4.69) is 28.0 Å². The third kappa shape index (κ3) is 3.33. The summed E-state index contributed by atoms with van der Waals surface area (Å²) < 4.78 is 6.11. The Morgan fingerprint density at radius 2 is 2.55 bits per heavy atom. The second kappa shape index (κ2) is 4.88. The summed E-state index contributed by atoms with van der Waals surface area (Å²) in [5.74, 6) is 0.708. The van der Waals surface area contributed by atoms with Gasteiger partial charge in [-0.25, -0.2) is 0 Å². The molecular formula is C9H14CrO. The van der Waals surface area contributed by atoms with Crippen LogP contribution in [0.3, 0.4) is 0 Å². The number of allylic oxidation sites excluding steroid dienone is 2. The standard InChI is InChI=1S/C9H14O.Cr/c1-10-8-7-9-5-3-2-4-6-9;/h3,5,9H,2,4,6-7H2,1H3;. The first kappa shape index (κ1) is 9.19. The average molecular weight is 190 g/mol. The molecule has 0 N–H and O–H groups in total. The van der Waals surface area contributed by atoms with Crippen molar-refractivity contribution in [1.82, 2.24) is 0 Å². The number of hydrogen-bond donors (Lipinski definition) is 0. The van der Waals surface area contributed by atoms with Crippen LogP contribution in [0.25, 0.3) is 0 Å². The van der Waals surface area contributed by atoms with E-state index >= 15 is 0 Å². The second-order valence-corrected chi connectivity index (χ2v) is 3.61. The molecule has 0 aliphatic heterocycles. The molecule has 0 spiro atoms. The number of ether oxygens (including phenoxy) is 1. The zero-order valence-corrected chi connectivity index (χ0v) is 8.15. The molecular weight excluding hydrogens is 176 g/mol. The molecule has 0 fully saturated rings. The Morgan fingerprint density at radius 3 is 3.09 bits per heavy atom. The SMILES string of the molecule is CO[C](=[Cr])CC1C=CCCC1. The van der Waals surface area contributed by atoms with Crippen molar-refractivity contribution in [3.8, 4) is 0 Å². The molecule has 2 heteroatoms. The van der Waals surface area contributed by atoms with Crippen molar-refractivity contribution in [1.29, 1.82) is 0 Å². The van der Waals surface area contributed by atoms with Gasteiger partial charge in [-0.3, -0.25) is 0 Å². The molecule has 1 rings (SSSR count). The zero-order chi connectivity index (χ0) is 8.10. The molecule has 1 nitrogen and oxygen atoms in total. The van der Waals surface area contributed by atoms with E-state index in [-0.39, 0.29) is 0 Å². The number of hydrogen-bond acceptors (Lipinski definition) is 1. The van der Waals surface area contributed by atoms with Crippen molar-refractivity contribution in [2.75, 3.05) is 7.11 Å². The second-order valence-electron chi connectivity index (χ2n) is 2.90. The van der Waals surface area contributed by atoms with Gasteiger partial charge in [-0.1, -0.05) is 0 Å². The van der Waals surface area contributed by atoms with Crippen LogP contribution < -0.4 is 0 Å². The monoisotopic (exact) mass is 190 g/mol. The Balaban J connectivity index is 2.30. The summed E-state index contributed by atoms with van der Waals surface area (Å²) in [6.07, 6.45) is 9.53. The van der Waals surface area contributed by atoms with Gasteiger partial charge in [-0.2, -0.15) is 0 Å². The molecule has 0 aromatic rings. The summed E-state index contributed by atoms with van der Waals surface area (Å²) >= 11 is 2.93. The predicted molar refractivity (Wildman–Crippen MR) is 43.1 cm³/mol. The summed E-state index contributed by atoms with van der Waals surface area (Å²) in [5, 5.41) is 0. The molecule has 0 saturated carbocycles. The van der Waals surface area contributed by atoms with Gasteiger partial charge < -0.3 is 0 Å². The summed E-state index contributed by atoms with van der Waals surface area (Å²) in [7, 11) is 1.72. The van der Waals surface area contributed by atoms with Crippen LogP contribution in [0.4, 0.5) is 0 Å². The first-order valence-corrected chi connectivity index (χ1v) is 4.70. The van der Waals surface area contributed by atoms with Gasteiger partial charge in [0.2, 0.25) is 0 Å². The van der Waals surface area contributed by atoms with Crippen molar-refractivity contribution in [2.24, 2.45) is 5.92 Å². The van der Waals surface area contributed by atoms with Gasteiger partial charge in [0.05, 0.1) is 0 Å². The molecule has 0 aromatic carbocycles. The first-order chi connectivity index (χ1) is 5.33. The van der Waals surface area contributed by atoms with Gasteiger partial charge in [0, 0.05) is 0 Å². The molecule has 0 radical (unpaired) electrons. The van der Waals surface area contributed by atoms with Crippen molar-refractivity contribution >= 4 is 4.57 Å². The minimum absolute atomic E-state index is 0.708. The van der Waals surface area contributed by atoms with Crippen molar-refractivity contribution < 1.29 is 20.6 Å². The fourth-order valence-electron chi connectivity index (χ4n) is 1.35. The van der Waals surface area contributed by atoms with Crippen molar-refractivity contribution in [3.05, 3.63) is 12.2 Å². The third-order valence-electron chi connectivity index (χ3n) is 2.01. The van der Waals surface area contributed by atoms with E-state index in [1.807, 2.05) is 0 Å². The van der Waals surface area contributed by atoms with Gasteiger partial charge in [0.25, 0.3) is 0 Å². The molecule has 62 valence electrons. The van der Waals surface area contributed by atoms with Crippen LogP contribution in [0, 0.1) is 5.92 Å². The van der Waals surface area contributed by atoms with Crippen LogP contribution in [-0.4, -0.2) is 11.7 Å². The quantitative estimate of drug-likeness (QED) is 0.619. The molecule has 1 aliphatic carbocycles. The Bertz CT molecular complexity index is 163. The topological polar surface area (TPSA) is 9.23 Å². The molecule has 0 bridgehead atoms. The van der Waals surface area contributed by atoms with Crippen molar-refractivity contribution in [3.63, 3.8) is 0 Å². The summed E-state index contributed by atoms with van der Waals surface area (Å²) in [5.41, 5.74) is 0. The molecule has 0 heterocycles. The van der Waals surface area contributed by atoms with E-state index in [1.54, 1.807) is 7.11 Å². The van der Waals surface area contributed by atoms with Crippen molar-refractivity contribution in [2.45, 2.75) is 25.7 Å². The average Bonchev–Trinajstić information content (AvgIpc) is 2.06. The normalized spacial score (nSPS) is 23.5. The van der Waals surface area contributed by atoms with E-state index in [0.29, 0.717) is 5.92 Å². The van der Waals surface area contributed by atoms with E-state index < -0.39 is 0 Å². The molecule has 1 unspecified atom stereocenters. The first-order valence-electron chi connectivity index (χ1n) is 4.06.